The number of hydrogen-bond donors (Lipinski definition) is 1. The molecule has 0 saturated carbocycles. The standard InChI is InChI=1S/C30H37NO6/c1-21(2)29-27(33)17-24(19-32)10-6-7-15-36-26-13-11-22(12-14-26)16-25(30(35)31-29)18-28(34)37-20-23-8-4-3-5-9-23/h3-5,8-9,11-14,19,21,24-25,29H,6-7,10,15-18,20H2,1-2H3,(H,31,35)/t24-,25-,29+/m1/s1. The number of esters is 1. The van der Waals surface area contributed by atoms with E-state index in [-0.39, 0.29) is 37.1 Å². The van der Waals surface area contributed by atoms with Crippen LogP contribution in [-0.2, 0) is 36.9 Å². The first kappa shape index (κ1) is 28.1. The Labute approximate surface area is 218 Å². The number of carbonyl (C=O) groups is 4. The van der Waals surface area contributed by atoms with Crippen LogP contribution < -0.4 is 10.1 Å². The van der Waals surface area contributed by atoms with Gasteiger partial charge in [0.1, 0.15) is 18.6 Å². The van der Waals surface area contributed by atoms with Crippen molar-refractivity contribution in [2.75, 3.05) is 6.61 Å². The quantitative estimate of drug-likeness (QED) is 0.458. The normalized spacial score (nSPS) is 21.5. The molecule has 198 valence electrons. The van der Waals surface area contributed by atoms with Gasteiger partial charge >= 0.3 is 5.97 Å². The lowest BCUT2D eigenvalue weighted by Gasteiger charge is -2.25. The Hall–Kier alpha value is -3.48. The average molecular weight is 508 g/mol. The van der Waals surface area contributed by atoms with Gasteiger partial charge in [-0.2, -0.15) is 0 Å². The number of rotatable bonds is 6. The van der Waals surface area contributed by atoms with Gasteiger partial charge < -0.3 is 19.6 Å². The van der Waals surface area contributed by atoms with E-state index in [1.807, 2.05) is 68.4 Å². The van der Waals surface area contributed by atoms with Crippen molar-refractivity contribution in [3.8, 4) is 5.75 Å². The number of ether oxygens (including phenoxy) is 2. The number of Topliss-reactive ketones (excluding diaryl/α,β-unsaturated/α-hetero) is 1. The van der Waals surface area contributed by atoms with Crippen LogP contribution in [0.4, 0.5) is 0 Å². The molecular formula is C30H37NO6. The largest absolute Gasteiger partial charge is 0.494 e. The molecule has 3 atom stereocenters. The number of nitrogens with one attached hydrogen (secondary N) is 1. The predicted octanol–water partition coefficient (Wildman–Crippen LogP) is 4.46. The molecule has 0 fully saturated rings. The summed E-state index contributed by atoms with van der Waals surface area (Å²) in [5.41, 5.74) is 1.74. The van der Waals surface area contributed by atoms with Gasteiger partial charge in [0.2, 0.25) is 5.91 Å². The zero-order chi connectivity index (χ0) is 26.6. The first-order valence-corrected chi connectivity index (χ1v) is 13.1. The molecular weight excluding hydrogens is 470 g/mol. The minimum absolute atomic E-state index is 0.0785. The average Bonchev–Trinajstić information content (AvgIpc) is 2.90. The highest BCUT2D eigenvalue weighted by atomic mass is 16.5. The Morgan fingerprint density at radius 1 is 1.05 bits per heavy atom. The molecule has 0 saturated heterocycles. The molecule has 1 N–H and O–H groups in total. The summed E-state index contributed by atoms with van der Waals surface area (Å²) in [6.07, 6.45) is 3.23. The highest BCUT2D eigenvalue weighted by Gasteiger charge is 2.30. The van der Waals surface area contributed by atoms with Crippen LogP contribution in [0.1, 0.15) is 57.1 Å². The van der Waals surface area contributed by atoms with Gasteiger partial charge in [0, 0.05) is 12.3 Å². The van der Waals surface area contributed by atoms with Gasteiger partial charge in [0.05, 0.1) is 25.0 Å². The summed E-state index contributed by atoms with van der Waals surface area (Å²) in [4.78, 5) is 50.9. The van der Waals surface area contributed by atoms with Crippen molar-refractivity contribution < 1.29 is 28.7 Å². The molecule has 2 heterocycles. The highest BCUT2D eigenvalue weighted by Crippen LogP contribution is 2.21. The zero-order valence-corrected chi connectivity index (χ0v) is 21.7. The molecule has 37 heavy (non-hydrogen) atoms. The SMILES string of the molecule is CC(C)[C@@H]1NC(=O)[C@@H](CC(=O)OCc2ccccc2)Cc2ccc(cc2)OCCCC[C@@H](C=O)CC1=O. The van der Waals surface area contributed by atoms with Crippen molar-refractivity contribution in [1.29, 1.82) is 0 Å². The Morgan fingerprint density at radius 3 is 2.46 bits per heavy atom. The van der Waals surface area contributed by atoms with Crippen LogP contribution in [0.5, 0.6) is 5.75 Å². The van der Waals surface area contributed by atoms with Crippen molar-refractivity contribution in [2.24, 2.45) is 17.8 Å². The van der Waals surface area contributed by atoms with Gasteiger partial charge in [-0.1, -0.05) is 56.3 Å². The minimum Gasteiger partial charge on any atom is -0.494 e. The van der Waals surface area contributed by atoms with Crippen LogP contribution in [-0.4, -0.2) is 36.6 Å². The van der Waals surface area contributed by atoms with Crippen molar-refractivity contribution in [2.45, 2.75) is 65.0 Å². The smallest absolute Gasteiger partial charge is 0.306 e. The van der Waals surface area contributed by atoms with Crippen molar-refractivity contribution in [1.82, 2.24) is 5.32 Å². The Balaban J connectivity index is 1.79. The van der Waals surface area contributed by atoms with Crippen LogP contribution >= 0.6 is 0 Å². The molecule has 0 spiro atoms. The van der Waals surface area contributed by atoms with E-state index in [1.165, 1.54) is 0 Å². The monoisotopic (exact) mass is 507 g/mol. The molecule has 2 aliphatic rings. The van der Waals surface area contributed by atoms with E-state index in [4.69, 9.17) is 9.47 Å². The zero-order valence-electron chi connectivity index (χ0n) is 21.7. The van der Waals surface area contributed by atoms with Gasteiger partial charge in [0.15, 0.2) is 5.78 Å². The Kier molecular flexibility index (Phi) is 10.9. The predicted molar refractivity (Wildman–Crippen MR) is 140 cm³/mol. The molecule has 4 rings (SSSR count). The number of carbonyl (C=O) groups excluding carboxylic acids is 4. The second kappa shape index (κ2) is 14.3. The highest BCUT2D eigenvalue weighted by molar-refractivity contribution is 5.92. The van der Waals surface area contributed by atoms with E-state index in [1.54, 1.807) is 0 Å². The van der Waals surface area contributed by atoms with Crippen molar-refractivity contribution in [3.05, 3.63) is 65.7 Å². The lowest BCUT2D eigenvalue weighted by Crippen LogP contribution is -2.48. The van der Waals surface area contributed by atoms with E-state index in [9.17, 15) is 19.2 Å². The summed E-state index contributed by atoms with van der Waals surface area (Å²) in [6.45, 7) is 4.37. The maximum absolute atomic E-state index is 13.4. The first-order valence-electron chi connectivity index (χ1n) is 13.1. The van der Waals surface area contributed by atoms with Crippen LogP contribution in [0.15, 0.2) is 54.6 Å². The lowest BCUT2D eigenvalue weighted by atomic mass is 9.89. The van der Waals surface area contributed by atoms with E-state index in [0.29, 0.717) is 19.4 Å². The van der Waals surface area contributed by atoms with Gasteiger partial charge in [0.25, 0.3) is 0 Å². The molecule has 0 unspecified atom stereocenters. The lowest BCUT2D eigenvalue weighted by molar-refractivity contribution is -0.148. The number of benzene rings is 2. The summed E-state index contributed by atoms with van der Waals surface area (Å²) in [7, 11) is 0. The molecule has 2 aliphatic heterocycles. The van der Waals surface area contributed by atoms with Crippen LogP contribution in [0, 0.1) is 17.8 Å². The second-order valence-corrected chi connectivity index (χ2v) is 10.0. The fourth-order valence-electron chi connectivity index (χ4n) is 4.45. The van der Waals surface area contributed by atoms with E-state index < -0.39 is 23.8 Å². The van der Waals surface area contributed by atoms with Gasteiger partial charge in [-0.15, -0.1) is 0 Å². The topological polar surface area (TPSA) is 98.8 Å². The molecule has 2 aromatic rings. The fraction of sp³-hybridized carbons (Fsp3) is 0.467. The second-order valence-electron chi connectivity index (χ2n) is 10.0. The van der Waals surface area contributed by atoms with Crippen LogP contribution in [0.25, 0.3) is 0 Å². The summed E-state index contributed by atoms with van der Waals surface area (Å²) < 4.78 is 11.2. The molecule has 0 radical (unpaired) electrons. The summed E-state index contributed by atoms with van der Waals surface area (Å²) in [5.74, 6) is -1.59. The van der Waals surface area contributed by atoms with Crippen LogP contribution in [0.3, 0.4) is 0 Å². The maximum atomic E-state index is 13.4. The van der Waals surface area contributed by atoms with E-state index >= 15 is 0 Å². The number of aldehydes is 1. The molecule has 0 aromatic heterocycles. The van der Waals surface area contributed by atoms with Gasteiger partial charge in [-0.25, -0.2) is 0 Å². The molecule has 2 bridgehead atoms. The number of hydrogen-bond acceptors (Lipinski definition) is 6. The van der Waals surface area contributed by atoms with E-state index in [2.05, 4.69) is 5.32 Å². The summed E-state index contributed by atoms with van der Waals surface area (Å²) in [5, 5.41) is 2.89. The molecule has 1 amide bonds. The van der Waals surface area contributed by atoms with Gasteiger partial charge in [-0.3, -0.25) is 14.4 Å². The van der Waals surface area contributed by atoms with Crippen molar-refractivity contribution in [3.63, 3.8) is 0 Å². The number of ketones is 1. The number of fused-ring (bicyclic) bond motifs is 14. The first-order chi connectivity index (χ1) is 17.9. The van der Waals surface area contributed by atoms with E-state index in [0.717, 1.165) is 36.0 Å². The summed E-state index contributed by atoms with van der Waals surface area (Å²) in [6, 6.07) is 16.1. The third kappa shape index (κ3) is 9.16. The van der Waals surface area contributed by atoms with Crippen molar-refractivity contribution >= 4 is 23.9 Å². The Bertz CT molecular complexity index is 1030. The maximum Gasteiger partial charge on any atom is 0.306 e. The third-order valence-corrected chi connectivity index (χ3v) is 6.64. The molecule has 2 aromatic carbocycles. The Morgan fingerprint density at radius 2 is 1.78 bits per heavy atom. The molecule has 7 nitrogen and oxygen atoms in total. The van der Waals surface area contributed by atoms with Crippen LogP contribution in [0.2, 0.25) is 0 Å². The molecule has 0 aliphatic carbocycles. The number of amides is 1. The summed E-state index contributed by atoms with van der Waals surface area (Å²) >= 11 is 0. The third-order valence-electron chi connectivity index (χ3n) is 6.64. The minimum atomic E-state index is -0.737. The fourth-order valence-corrected chi connectivity index (χ4v) is 4.45. The molecule has 7 heteroatoms. The van der Waals surface area contributed by atoms with Gasteiger partial charge in [-0.05, 0) is 54.9 Å².